The second-order valence-electron chi connectivity index (χ2n) is 8.26. The van der Waals surface area contributed by atoms with Crippen LogP contribution in [0, 0.1) is 22.8 Å². The Morgan fingerprint density at radius 1 is 0.939 bits per heavy atom. The maximum atomic E-state index is 9.47. The number of rotatable bonds is 4. The fourth-order valence-electron chi connectivity index (χ4n) is 3.94. The molecule has 7 heteroatoms. The zero-order valence-electron chi connectivity index (χ0n) is 18.1. The van der Waals surface area contributed by atoms with Crippen LogP contribution in [0.25, 0.3) is 38.8 Å². The molecule has 0 aliphatic carbocycles. The highest BCUT2D eigenvalue weighted by atomic mass is 15.2. The molecule has 33 heavy (non-hydrogen) atoms. The van der Waals surface area contributed by atoms with Crippen molar-refractivity contribution in [3.05, 3.63) is 78.8 Å². The van der Waals surface area contributed by atoms with Crippen molar-refractivity contribution in [3.8, 4) is 29.1 Å². The summed E-state index contributed by atoms with van der Waals surface area (Å²) < 4.78 is 1.92. The van der Waals surface area contributed by atoms with Crippen LogP contribution in [0.3, 0.4) is 0 Å². The number of nitriles is 2. The minimum Gasteiger partial charge on any atom is -0.277 e. The first-order chi connectivity index (χ1) is 16.0. The lowest BCUT2D eigenvalue weighted by Crippen LogP contribution is -2.13. The van der Waals surface area contributed by atoms with Gasteiger partial charge in [-0.25, -0.2) is 4.98 Å². The monoisotopic (exact) mass is 429 g/mol. The summed E-state index contributed by atoms with van der Waals surface area (Å²) in [4.78, 5) is 13.4. The van der Waals surface area contributed by atoms with Gasteiger partial charge >= 0.3 is 0 Å². The molecule has 0 radical (unpaired) electrons. The standard InChI is InChI=1S/C26H19N7/c1-26(2,15-27)19-6-8-20(9-7-19)33-24-21-12-17(18-4-3-11-29-13-18)5-10-22(21)30-14-23(24)32-25(33)31-16-28/h3-14H,1-2H3,(H,31,32). The molecule has 0 saturated heterocycles. The van der Waals surface area contributed by atoms with E-state index in [2.05, 4.69) is 32.4 Å². The Labute approximate surface area is 190 Å². The fourth-order valence-corrected chi connectivity index (χ4v) is 3.94. The van der Waals surface area contributed by atoms with E-state index in [-0.39, 0.29) is 0 Å². The molecule has 0 aliphatic rings. The highest BCUT2D eigenvalue weighted by Gasteiger charge is 2.21. The van der Waals surface area contributed by atoms with Crippen molar-refractivity contribution in [3.63, 3.8) is 0 Å². The van der Waals surface area contributed by atoms with Crippen LogP contribution in [0.1, 0.15) is 19.4 Å². The summed E-state index contributed by atoms with van der Waals surface area (Å²) in [6, 6.07) is 20.1. The topological polar surface area (TPSA) is 103 Å². The summed E-state index contributed by atoms with van der Waals surface area (Å²) in [5.41, 5.74) is 5.49. The van der Waals surface area contributed by atoms with Gasteiger partial charge in [0.1, 0.15) is 5.52 Å². The predicted molar refractivity (Wildman–Crippen MR) is 127 cm³/mol. The Balaban J connectivity index is 1.78. The predicted octanol–water partition coefficient (Wildman–Crippen LogP) is 5.33. The highest BCUT2D eigenvalue weighted by Crippen LogP contribution is 2.33. The number of benzene rings is 2. The molecule has 5 rings (SSSR count). The van der Waals surface area contributed by atoms with Gasteiger partial charge in [0.25, 0.3) is 0 Å². The van der Waals surface area contributed by atoms with E-state index in [1.54, 1.807) is 12.4 Å². The van der Waals surface area contributed by atoms with Crippen molar-refractivity contribution in [1.82, 2.24) is 19.5 Å². The third-order valence-corrected chi connectivity index (χ3v) is 5.77. The zero-order chi connectivity index (χ0) is 23.0. The number of pyridine rings is 2. The van der Waals surface area contributed by atoms with Gasteiger partial charge in [-0.3, -0.25) is 19.9 Å². The molecule has 1 N–H and O–H groups in total. The summed E-state index contributed by atoms with van der Waals surface area (Å²) in [6.07, 6.45) is 7.27. The Hall–Kier alpha value is -4.75. The van der Waals surface area contributed by atoms with Gasteiger partial charge in [0.05, 0.1) is 28.7 Å². The Morgan fingerprint density at radius 2 is 1.76 bits per heavy atom. The van der Waals surface area contributed by atoms with E-state index in [9.17, 15) is 10.5 Å². The number of aromatic nitrogens is 4. The van der Waals surface area contributed by atoms with Crippen LogP contribution in [0.5, 0.6) is 0 Å². The molecular formula is C26H19N7. The van der Waals surface area contributed by atoms with Gasteiger partial charge in [-0.1, -0.05) is 24.3 Å². The van der Waals surface area contributed by atoms with E-state index < -0.39 is 5.41 Å². The van der Waals surface area contributed by atoms with E-state index in [0.717, 1.165) is 38.8 Å². The normalized spacial score (nSPS) is 11.3. The number of imidazole rings is 1. The third-order valence-electron chi connectivity index (χ3n) is 5.77. The van der Waals surface area contributed by atoms with Gasteiger partial charge < -0.3 is 0 Å². The van der Waals surface area contributed by atoms with E-state index >= 15 is 0 Å². The van der Waals surface area contributed by atoms with Crippen molar-refractivity contribution in [2.45, 2.75) is 19.3 Å². The van der Waals surface area contributed by atoms with Crippen LogP contribution in [-0.4, -0.2) is 19.5 Å². The average molecular weight is 429 g/mol. The van der Waals surface area contributed by atoms with Crippen molar-refractivity contribution < 1.29 is 0 Å². The average Bonchev–Trinajstić information content (AvgIpc) is 3.23. The minimum absolute atomic E-state index is 0.404. The first-order valence-corrected chi connectivity index (χ1v) is 10.4. The lowest BCUT2D eigenvalue weighted by Gasteiger charge is -2.17. The molecule has 0 fully saturated rings. The first-order valence-electron chi connectivity index (χ1n) is 10.4. The summed E-state index contributed by atoms with van der Waals surface area (Å²) in [7, 11) is 0. The molecule has 5 aromatic rings. The molecule has 158 valence electrons. The van der Waals surface area contributed by atoms with E-state index in [4.69, 9.17) is 0 Å². The fraction of sp³-hybridized carbons (Fsp3) is 0.115. The van der Waals surface area contributed by atoms with Crippen LogP contribution >= 0.6 is 0 Å². The van der Waals surface area contributed by atoms with Crippen molar-refractivity contribution >= 4 is 27.9 Å². The second-order valence-corrected chi connectivity index (χ2v) is 8.26. The van der Waals surface area contributed by atoms with Gasteiger partial charge in [0, 0.05) is 29.0 Å². The van der Waals surface area contributed by atoms with Crippen LogP contribution < -0.4 is 5.32 Å². The number of nitrogens with one attached hydrogen (secondary N) is 1. The maximum Gasteiger partial charge on any atom is 0.222 e. The zero-order valence-corrected chi connectivity index (χ0v) is 18.1. The molecule has 7 nitrogen and oxygen atoms in total. The summed E-state index contributed by atoms with van der Waals surface area (Å²) >= 11 is 0. The minimum atomic E-state index is -0.599. The van der Waals surface area contributed by atoms with E-state index in [1.165, 1.54) is 0 Å². The van der Waals surface area contributed by atoms with Crippen molar-refractivity contribution in [2.24, 2.45) is 0 Å². The van der Waals surface area contributed by atoms with Gasteiger partial charge in [0.2, 0.25) is 5.95 Å². The Morgan fingerprint density at radius 3 is 2.45 bits per heavy atom. The van der Waals surface area contributed by atoms with Crippen molar-refractivity contribution in [2.75, 3.05) is 5.32 Å². The molecule has 0 aliphatic heterocycles. The van der Waals surface area contributed by atoms with Gasteiger partial charge in [0.15, 0.2) is 6.19 Å². The molecule has 2 aromatic carbocycles. The number of hydrogen-bond donors (Lipinski definition) is 1. The third kappa shape index (κ3) is 3.42. The van der Waals surface area contributed by atoms with Crippen LogP contribution in [-0.2, 0) is 5.41 Å². The molecule has 0 spiro atoms. The van der Waals surface area contributed by atoms with Gasteiger partial charge in [-0.05, 0) is 55.3 Å². The Bertz CT molecular complexity index is 1570. The number of fused-ring (bicyclic) bond motifs is 3. The van der Waals surface area contributed by atoms with Crippen molar-refractivity contribution in [1.29, 1.82) is 10.5 Å². The van der Waals surface area contributed by atoms with E-state index in [1.807, 2.05) is 79.3 Å². The lowest BCUT2D eigenvalue weighted by molar-refractivity contribution is 0.686. The highest BCUT2D eigenvalue weighted by molar-refractivity contribution is 6.05. The molecule has 0 saturated carbocycles. The SMILES string of the molecule is CC(C)(C#N)c1ccc(-n2c(NC#N)nc3cnc4ccc(-c5cccnc5)cc4c32)cc1. The largest absolute Gasteiger partial charge is 0.277 e. The maximum absolute atomic E-state index is 9.47. The molecule has 3 aromatic heterocycles. The van der Waals surface area contributed by atoms with Crippen LogP contribution in [0.4, 0.5) is 5.95 Å². The lowest BCUT2D eigenvalue weighted by atomic mass is 9.86. The molecule has 3 heterocycles. The quantitative estimate of drug-likeness (QED) is 0.306. The van der Waals surface area contributed by atoms with E-state index in [0.29, 0.717) is 11.5 Å². The van der Waals surface area contributed by atoms with Gasteiger partial charge in [-0.2, -0.15) is 10.5 Å². The van der Waals surface area contributed by atoms with Crippen LogP contribution in [0.2, 0.25) is 0 Å². The summed E-state index contributed by atoms with van der Waals surface area (Å²) in [6.45, 7) is 3.77. The Kier molecular flexibility index (Phi) is 4.73. The number of hydrogen-bond acceptors (Lipinski definition) is 6. The number of anilines is 1. The summed E-state index contributed by atoms with van der Waals surface area (Å²) in [5.74, 6) is 0.404. The smallest absolute Gasteiger partial charge is 0.222 e. The molecule has 0 unspecified atom stereocenters. The second kappa shape index (κ2) is 7.74. The number of nitrogens with zero attached hydrogens (tertiary/aromatic N) is 6. The molecule has 0 amide bonds. The van der Waals surface area contributed by atoms with Crippen LogP contribution in [0.15, 0.2) is 73.2 Å². The molecule has 0 bridgehead atoms. The molecule has 0 atom stereocenters. The molecular weight excluding hydrogens is 410 g/mol. The first kappa shape index (κ1) is 20.2. The van der Waals surface area contributed by atoms with Gasteiger partial charge in [-0.15, -0.1) is 0 Å². The summed E-state index contributed by atoms with van der Waals surface area (Å²) in [5, 5.41) is 22.4.